The predicted molar refractivity (Wildman–Crippen MR) is 190 cm³/mol. The SMILES string of the molecule is CC(COC(=O)CCCCCCCC(=O)OCC(C)(C1CCC(N)CC1)C1CCC(N)CC1)(C1CCC(N)CC1)C1CCC(N)CC1. The van der Waals surface area contributed by atoms with Gasteiger partial charge >= 0.3 is 11.9 Å². The topological polar surface area (TPSA) is 157 Å². The molecule has 0 heterocycles. The van der Waals surface area contributed by atoms with Crippen molar-refractivity contribution in [3.63, 3.8) is 0 Å². The first-order valence-electron chi connectivity index (χ1n) is 19.8. The summed E-state index contributed by atoms with van der Waals surface area (Å²) in [6, 6.07) is 1.27. The van der Waals surface area contributed by atoms with Crippen molar-refractivity contribution < 1.29 is 19.1 Å². The minimum Gasteiger partial charge on any atom is -0.465 e. The molecule has 4 aliphatic carbocycles. The molecule has 0 aromatic carbocycles. The molecule has 0 amide bonds. The molecule has 0 spiro atoms. The van der Waals surface area contributed by atoms with E-state index in [1.165, 1.54) is 0 Å². The van der Waals surface area contributed by atoms with Gasteiger partial charge in [0.2, 0.25) is 0 Å². The highest BCUT2D eigenvalue weighted by molar-refractivity contribution is 5.69. The number of carbonyl (C=O) groups is 2. The van der Waals surface area contributed by atoms with Gasteiger partial charge in [0, 0.05) is 47.8 Å². The summed E-state index contributed by atoms with van der Waals surface area (Å²) < 4.78 is 12.0. The number of esters is 2. The molecule has 0 aliphatic heterocycles. The fourth-order valence-corrected chi connectivity index (χ4v) is 9.94. The van der Waals surface area contributed by atoms with Gasteiger partial charge in [-0.2, -0.15) is 0 Å². The lowest BCUT2D eigenvalue weighted by atomic mass is 9.59. The van der Waals surface area contributed by atoms with Crippen molar-refractivity contribution in [3.8, 4) is 0 Å². The van der Waals surface area contributed by atoms with E-state index in [0.717, 1.165) is 135 Å². The smallest absolute Gasteiger partial charge is 0.305 e. The second kappa shape index (κ2) is 18.7. The summed E-state index contributed by atoms with van der Waals surface area (Å²) in [5.41, 5.74) is 24.9. The van der Waals surface area contributed by atoms with Crippen LogP contribution in [0.1, 0.15) is 162 Å². The number of unbranched alkanes of at least 4 members (excludes halogenated alkanes) is 4. The van der Waals surface area contributed by atoms with E-state index in [1.54, 1.807) is 0 Å². The number of rotatable bonds is 16. The first kappa shape index (κ1) is 38.6. The fraction of sp³-hybridized carbons (Fsp3) is 0.949. The first-order valence-corrected chi connectivity index (χ1v) is 19.8. The molecule has 8 N–H and O–H groups in total. The van der Waals surface area contributed by atoms with Crippen LogP contribution in [-0.4, -0.2) is 49.3 Å². The summed E-state index contributed by atoms with van der Waals surface area (Å²) in [6.07, 6.45) is 23.3. The number of carbonyl (C=O) groups excluding carboxylic acids is 2. The Balaban J connectivity index is 1.11. The zero-order chi connectivity index (χ0) is 33.9. The van der Waals surface area contributed by atoms with Crippen LogP contribution in [-0.2, 0) is 19.1 Å². The summed E-state index contributed by atoms with van der Waals surface area (Å²) >= 11 is 0. The third-order valence-electron chi connectivity index (χ3n) is 13.7. The molecule has 47 heavy (non-hydrogen) atoms. The molecule has 4 fully saturated rings. The zero-order valence-electron chi connectivity index (χ0n) is 30.2. The Morgan fingerprint density at radius 3 is 0.936 bits per heavy atom. The van der Waals surface area contributed by atoms with E-state index < -0.39 is 0 Å². The maximum absolute atomic E-state index is 12.8. The van der Waals surface area contributed by atoms with E-state index in [1.807, 2.05) is 0 Å². The predicted octanol–water partition coefficient (Wildman–Crippen LogP) is 6.89. The second-order valence-corrected chi connectivity index (χ2v) is 17.0. The summed E-state index contributed by atoms with van der Waals surface area (Å²) in [7, 11) is 0. The van der Waals surface area contributed by atoms with Crippen molar-refractivity contribution in [3.05, 3.63) is 0 Å². The second-order valence-electron chi connectivity index (χ2n) is 17.0. The van der Waals surface area contributed by atoms with Gasteiger partial charge in [0.05, 0.1) is 13.2 Å². The number of hydrogen-bond acceptors (Lipinski definition) is 8. The monoisotopic (exact) mass is 661 g/mol. The van der Waals surface area contributed by atoms with Crippen molar-refractivity contribution >= 4 is 11.9 Å². The van der Waals surface area contributed by atoms with Crippen LogP contribution < -0.4 is 22.9 Å². The first-order chi connectivity index (χ1) is 22.5. The van der Waals surface area contributed by atoms with Gasteiger partial charge in [-0.1, -0.05) is 33.1 Å². The van der Waals surface area contributed by atoms with Gasteiger partial charge in [-0.3, -0.25) is 9.59 Å². The Labute approximate surface area is 286 Å². The normalized spacial score (nSPS) is 34.5. The van der Waals surface area contributed by atoms with Crippen LogP contribution in [0.3, 0.4) is 0 Å². The number of ether oxygens (including phenoxy) is 2. The van der Waals surface area contributed by atoms with Gasteiger partial charge in [0.25, 0.3) is 0 Å². The van der Waals surface area contributed by atoms with Crippen molar-refractivity contribution in [2.24, 2.45) is 57.4 Å². The summed E-state index contributed by atoms with van der Waals surface area (Å²) in [6.45, 7) is 5.78. The molecule has 272 valence electrons. The highest BCUT2D eigenvalue weighted by Gasteiger charge is 2.45. The van der Waals surface area contributed by atoms with E-state index in [0.29, 0.717) is 73.9 Å². The van der Waals surface area contributed by atoms with Crippen LogP contribution in [0.4, 0.5) is 0 Å². The number of hydrogen-bond donors (Lipinski definition) is 4. The summed E-state index contributed by atoms with van der Waals surface area (Å²) in [4.78, 5) is 25.6. The Hall–Kier alpha value is -1.22. The van der Waals surface area contributed by atoms with Crippen LogP contribution in [0.15, 0.2) is 0 Å². The van der Waals surface area contributed by atoms with Crippen molar-refractivity contribution in [2.45, 2.75) is 186 Å². The molecule has 4 rings (SSSR count). The molecular formula is C39H72N4O4. The summed E-state index contributed by atoms with van der Waals surface area (Å²) in [5, 5.41) is 0. The molecule has 0 saturated heterocycles. The molecule has 8 heteroatoms. The van der Waals surface area contributed by atoms with Crippen LogP contribution in [0.2, 0.25) is 0 Å². The van der Waals surface area contributed by atoms with Crippen LogP contribution >= 0.6 is 0 Å². The molecule has 0 bridgehead atoms. The van der Waals surface area contributed by atoms with Crippen molar-refractivity contribution in [2.75, 3.05) is 13.2 Å². The standard InChI is InChI=1S/C39H72N4O4/c1-38(28-10-18-32(40)19-11-28,29-12-20-33(41)21-13-29)26-46-36(44)8-6-4-3-5-7-9-37(45)47-27-39(2,30-14-22-34(42)23-15-30)31-16-24-35(43)25-17-31/h28-35H,3-27,40-43H2,1-2H3. The third kappa shape index (κ3) is 11.4. The maximum atomic E-state index is 12.8. The van der Waals surface area contributed by atoms with Crippen molar-refractivity contribution in [1.82, 2.24) is 0 Å². The zero-order valence-corrected chi connectivity index (χ0v) is 30.2. The van der Waals surface area contributed by atoms with E-state index in [9.17, 15) is 9.59 Å². The number of nitrogens with two attached hydrogens (primary N) is 4. The Bertz CT molecular complexity index is 811. The van der Waals surface area contributed by atoms with Gasteiger partial charge in [-0.25, -0.2) is 0 Å². The van der Waals surface area contributed by atoms with Gasteiger partial charge < -0.3 is 32.4 Å². The van der Waals surface area contributed by atoms with Gasteiger partial charge in [-0.05, 0) is 139 Å². The molecule has 8 nitrogen and oxygen atoms in total. The minimum atomic E-state index is -0.0669. The van der Waals surface area contributed by atoms with Gasteiger partial charge in [0.1, 0.15) is 0 Å². The van der Waals surface area contributed by atoms with E-state index in [-0.39, 0.29) is 22.8 Å². The lowest BCUT2D eigenvalue weighted by molar-refractivity contribution is -0.152. The van der Waals surface area contributed by atoms with Crippen molar-refractivity contribution in [1.29, 1.82) is 0 Å². The van der Waals surface area contributed by atoms with Crippen LogP contribution in [0.5, 0.6) is 0 Å². The average Bonchev–Trinajstić information content (AvgIpc) is 3.07. The highest BCUT2D eigenvalue weighted by atomic mass is 16.5. The summed E-state index contributed by atoms with van der Waals surface area (Å²) in [5.74, 6) is 2.12. The lowest BCUT2D eigenvalue weighted by Crippen LogP contribution is -2.45. The molecular weight excluding hydrogens is 588 g/mol. The molecule has 0 atom stereocenters. The maximum Gasteiger partial charge on any atom is 0.305 e. The van der Waals surface area contributed by atoms with E-state index in [4.69, 9.17) is 32.4 Å². The Morgan fingerprint density at radius 2 is 0.681 bits per heavy atom. The average molecular weight is 661 g/mol. The van der Waals surface area contributed by atoms with E-state index >= 15 is 0 Å². The lowest BCUT2D eigenvalue weighted by Gasteiger charge is -2.47. The quantitative estimate of drug-likeness (QED) is 0.103. The van der Waals surface area contributed by atoms with Crippen LogP contribution in [0.25, 0.3) is 0 Å². The van der Waals surface area contributed by atoms with Gasteiger partial charge in [0.15, 0.2) is 0 Å². The highest BCUT2D eigenvalue weighted by Crippen LogP contribution is 2.50. The minimum absolute atomic E-state index is 0.00979. The molecule has 0 aromatic rings. The fourth-order valence-electron chi connectivity index (χ4n) is 9.94. The molecule has 0 unspecified atom stereocenters. The molecule has 4 saturated carbocycles. The van der Waals surface area contributed by atoms with Crippen LogP contribution in [0, 0.1) is 34.5 Å². The third-order valence-corrected chi connectivity index (χ3v) is 13.7. The molecule has 4 aliphatic rings. The van der Waals surface area contributed by atoms with E-state index in [2.05, 4.69) is 13.8 Å². The molecule has 0 radical (unpaired) electrons. The largest absolute Gasteiger partial charge is 0.465 e. The Kier molecular flexibility index (Phi) is 15.3. The van der Waals surface area contributed by atoms with Gasteiger partial charge in [-0.15, -0.1) is 0 Å². The Morgan fingerprint density at radius 1 is 0.447 bits per heavy atom. The molecule has 0 aromatic heterocycles.